The highest BCUT2D eigenvalue weighted by Crippen LogP contribution is 2.55. The van der Waals surface area contributed by atoms with E-state index >= 15 is 0 Å². The molecule has 1 unspecified atom stereocenters. The van der Waals surface area contributed by atoms with Crippen molar-refractivity contribution in [1.29, 1.82) is 0 Å². The Balaban J connectivity index is 0.975. The fourth-order valence-electron chi connectivity index (χ4n) is 15.8. The molecule has 0 amide bonds. The van der Waals surface area contributed by atoms with Crippen LogP contribution in [0.15, 0.2) is 267 Å². The van der Waals surface area contributed by atoms with Crippen LogP contribution in [0.1, 0.15) is 91.2 Å². The number of hydrogen-bond donors (Lipinski definition) is 0. The van der Waals surface area contributed by atoms with Crippen LogP contribution in [0.4, 0.5) is 0 Å². The van der Waals surface area contributed by atoms with Crippen LogP contribution in [0.25, 0.3) is 22.3 Å². The first-order valence-corrected chi connectivity index (χ1v) is 31.3. The van der Waals surface area contributed by atoms with Gasteiger partial charge in [0.2, 0.25) is 13.4 Å². The molecular formula is C84H72B2O2. The van der Waals surface area contributed by atoms with E-state index in [0.717, 1.165) is 57.9 Å². The molecule has 12 aromatic rings. The first kappa shape index (κ1) is 56.2. The summed E-state index contributed by atoms with van der Waals surface area (Å²) >= 11 is 0. The van der Waals surface area contributed by atoms with Crippen molar-refractivity contribution in [3.8, 4) is 45.3 Å². The van der Waals surface area contributed by atoms with Crippen LogP contribution >= 0.6 is 0 Å². The number of ether oxygens (including phenoxy) is 2. The molecule has 2 nitrogen and oxygen atoms in total. The first-order valence-electron chi connectivity index (χ1n) is 31.3. The summed E-state index contributed by atoms with van der Waals surface area (Å²) in [6, 6.07) is 98.9. The van der Waals surface area contributed by atoms with Crippen molar-refractivity contribution >= 4 is 46.2 Å². The molecule has 12 aromatic carbocycles. The molecule has 14 rings (SSSR count). The van der Waals surface area contributed by atoms with Crippen molar-refractivity contribution in [2.75, 3.05) is 0 Å². The maximum Gasteiger partial charge on any atom is 0.248 e. The molecule has 0 aliphatic carbocycles. The average Bonchev–Trinajstić information content (AvgIpc) is 0.824. The molecular weight excluding hydrogens is 1060 g/mol. The lowest BCUT2D eigenvalue weighted by atomic mass is 9.33. The summed E-state index contributed by atoms with van der Waals surface area (Å²) in [6.45, 7) is 18.2. The van der Waals surface area contributed by atoms with Crippen LogP contribution in [-0.4, -0.2) is 13.4 Å². The third-order valence-corrected chi connectivity index (χ3v) is 19.5. The highest BCUT2D eigenvalue weighted by molar-refractivity contribution is 6.98. The van der Waals surface area contributed by atoms with Crippen molar-refractivity contribution in [3.63, 3.8) is 0 Å². The Labute approximate surface area is 521 Å². The van der Waals surface area contributed by atoms with E-state index in [4.69, 9.17) is 9.47 Å². The highest BCUT2D eigenvalue weighted by atomic mass is 16.5. The minimum atomic E-state index is -0.670. The molecule has 2 aliphatic rings. The molecule has 0 radical (unpaired) electrons. The molecule has 88 heavy (non-hydrogen) atoms. The number of fused-ring (bicyclic) bond motifs is 4. The van der Waals surface area contributed by atoms with Crippen LogP contribution in [0.5, 0.6) is 23.0 Å². The molecule has 426 valence electrons. The maximum atomic E-state index is 7.55. The zero-order chi connectivity index (χ0) is 60.3. The lowest BCUT2D eigenvalue weighted by molar-refractivity contribution is 0.395. The second kappa shape index (κ2) is 22.9. The van der Waals surface area contributed by atoms with Crippen LogP contribution in [0, 0.1) is 48.5 Å². The highest BCUT2D eigenvalue weighted by Gasteiger charge is 2.48. The minimum Gasteiger partial charge on any atom is -0.457 e. The number of hydrogen-bond acceptors (Lipinski definition) is 2. The van der Waals surface area contributed by atoms with Crippen molar-refractivity contribution in [1.82, 2.24) is 0 Å². The van der Waals surface area contributed by atoms with E-state index in [-0.39, 0.29) is 13.4 Å². The van der Waals surface area contributed by atoms with Gasteiger partial charge in [-0.25, -0.2) is 0 Å². The van der Waals surface area contributed by atoms with Crippen LogP contribution in [-0.2, 0) is 17.3 Å². The summed E-state index contributed by atoms with van der Waals surface area (Å²) in [5.74, 6) is 3.63. The van der Waals surface area contributed by atoms with Gasteiger partial charge in [-0.2, -0.15) is 0 Å². The lowest BCUT2D eigenvalue weighted by Crippen LogP contribution is -2.57. The minimum absolute atomic E-state index is 0.184. The Bertz CT molecular complexity index is 4460. The molecule has 0 fully saturated rings. The van der Waals surface area contributed by atoms with Crippen molar-refractivity contribution in [2.45, 2.75) is 79.1 Å². The molecule has 0 saturated carbocycles. The summed E-state index contributed by atoms with van der Waals surface area (Å²) < 4.78 is 15.1. The van der Waals surface area contributed by atoms with Gasteiger partial charge < -0.3 is 9.47 Å². The van der Waals surface area contributed by atoms with Crippen molar-refractivity contribution in [2.24, 2.45) is 0 Å². The smallest absolute Gasteiger partial charge is 0.248 e. The number of rotatable bonds is 13. The second-order valence-electron chi connectivity index (χ2n) is 25.1. The van der Waals surface area contributed by atoms with Gasteiger partial charge in [0.25, 0.3) is 0 Å². The van der Waals surface area contributed by atoms with E-state index in [0.29, 0.717) is 0 Å². The van der Waals surface area contributed by atoms with Gasteiger partial charge in [0.1, 0.15) is 23.0 Å². The summed E-state index contributed by atoms with van der Waals surface area (Å²) in [6.07, 6.45) is 1.63. The predicted molar refractivity (Wildman–Crippen MR) is 372 cm³/mol. The van der Waals surface area contributed by atoms with Crippen LogP contribution in [0.3, 0.4) is 0 Å². The standard InChI is InChI=1S/C84H72B2O2/c1-55-51-59(5)77(60(6)52-55)85(74-46-28-44-72-82(74)88-76-48-24-22-42-70(76)84(72,65-35-17-11-18-36-65)66-37-19-12-20-38-66)78-61(7)53-56(2)54-64(78)49-50-83(8)69-41-21-23-47-75(69)87-81-71(83)43-27-45-73(81)86(79-57(3)29-25-39-67(79)62-31-13-9-14-32-62)80-58(4)30-26-40-68(80)63-33-15-10-16-34-63/h9-48,51-54H,49-50H2,1-8H3. The summed E-state index contributed by atoms with van der Waals surface area (Å²) in [4.78, 5) is 0. The van der Waals surface area contributed by atoms with E-state index in [1.54, 1.807) is 0 Å². The molecule has 1 atom stereocenters. The Morgan fingerprint density at radius 2 is 0.727 bits per heavy atom. The monoisotopic (exact) mass is 1130 g/mol. The molecule has 0 aromatic heterocycles. The third kappa shape index (κ3) is 9.44. The Hall–Kier alpha value is -9.63. The first-order chi connectivity index (χ1) is 42.9. The third-order valence-electron chi connectivity index (χ3n) is 19.5. The molecule has 0 N–H and O–H groups in total. The Morgan fingerprint density at radius 3 is 1.26 bits per heavy atom. The summed E-state index contributed by atoms with van der Waals surface area (Å²) in [5, 5.41) is 0. The largest absolute Gasteiger partial charge is 0.457 e. The zero-order valence-electron chi connectivity index (χ0n) is 51.8. The van der Waals surface area contributed by atoms with E-state index in [2.05, 4.69) is 322 Å². The normalized spacial score (nSPS) is 14.3. The topological polar surface area (TPSA) is 18.5 Å². The molecule has 0 spiro atoms. The lowest BCUT2D eigenvalue weighted by Gasteiger charge is -2.42. The molecule has 0 bridgehead atoms. The van der Waals surface area contributed by atoms with Gasteiger partial charge in [0, 0.05) is 27.7 Å². The quantitative estimate of drug-likeness (QED) is 0.107. The van der Waals surface area contributed by atoms with Gasteiger partial charge in [-0.1, -0.05) is 328 Å². The summed E-state index contributed by atoms with van der Waals surface area (Å²) in [7, 11) is 0. The zero-order valence-corrected chi connectivity index (χ0v) is 51.8. The van der Waals surface area contributed by atoms with Crippen molar-refractivity contribution in [3.05, 3.63) is 345 Å². The second-order valence-corrected chi connectivity index (χ2v) is 25.1. The van der Waals surface area contributed by atoms with E-state index in [1.165, 1.54) is 111 Å². The average molecular weight is 1140 g/mol. The summed E-state index contributed by atoms with van der Waals surface area (Å²) in [5.41, 5.74) is 28.4. The molecule has 4 heteroatoms. The van der Waals surface area contributed by atoms with E-state index < -0.39 is 10.8 Å². The Morgan fingerprint density at radius 1 is 0.330 bits per heavy atom. The van der Waals surface area contributed by atoms with E-state index in [9.17, 15) is 0 Å². The molecule has 2 aliphatic heterocycles. The van der Waals surface area contributed by atoms with Gasteiger partial charge in [-0.15, -0.1) is 0 Å². The number of para-hydroxylation sites is 4. The van der Waals surface area contributed by atoms with Crippen LogP contribution in [0.2, 0.25) is 0 Å². The van der Waals surface area contributed by atoms with E-state index in [1.807, 2.05) is 0 Å². The Kier molecular flexibility index (Phi) is 14.6. The molecule has 0 saturated heterocycles. The van der Waals surface area contributed by atoms with Crippen molar-refractivity contribution < 1.29 is 9.47 Å². The molecule has 2 heterocycles. The SMILES string of the molecule is Cc1cc(C)c(B(c2cccc3c2Oc2ccccc2C3(c2ccccc2)c2ccccc2)c2c(C)cc(C)cc2CCC2(C)c3ccccc3Oc3c(B(c4c(C)cccc4-c4ccccc4)c4c(C)cccc4-c4ccccc4)cccc32)c(C)c1. The van der Waals surface area contributed by atoms with Crippen LogP contribution < -0.4 is 42.3 Å². The number of aryl methyl sites for hydroxylation is 8. The van der Waals surface area contributed by atoms with Gasteiger partial charge in [-0.3, -0.25) is 0 Å². The number of benzene rings is 12. The fraction of sp³-hybridized carbons (Fsp3) is 0.143. The van der Waals surface area contributed by atoms with Gasteiger partial charge >= 0.3 is 0 Å². The fourth-order valence-corrected chi connectivity index (χ4v) is 15.8. The van der Waals surface area contributed by atoms with Gasteiger partial charge in [-0.05, 0) is 118 Å². The predicted octanol–water partition coefficient (Wildman–Crippen LogP) is 16.7. The van der Waals surface area contributed by atoms with Gasteiger partial charge in [0.15, 0.2) is 0 Å². The van der Waals surface area contributed by atoms with Gasteiger partial charge in [0.05, 0.1) is 5.41 Å². The maximum absolute atomic E-state index is 7.55.